The van der Waals surface area contributed by atoms with Gasteiger partial charge in [-0.3, -0.25) is 9.59 Å². The highest BCUT2D eigenvalue weighted by molar-refractivity contribution is 6.00. The predicted molar refractivity (Wildman–Crippen MR) is 75.8 cm³/mol. The number of ether oxygens (including phenoxy) is 2. The van der Waals surface area contributed by atoms with Gasteiger partial charge in [0.05, 0.1) is 20.1 Å². The number of aliphatic carboxylic acids is 1. The lowest BCUT2D eigenvalue weighted by atomic mass is 9.97. The summed E-state index contributed by atoms with van der Waals surface area (Å²) in [6.45, 7) is 0.763. The molecule has 0 radical (unpaired) electrons. The molecule has 1 N–H and O–H groups in total. The van der Waals surface area contributed by atoms with Crippen molar-refractivity contribution in [3.05, 3.63) is 23.8 Å². The van der Waals surface area contributed by atoms with E-state index in [1.54, 1.807) is 23.1 Å². The van der Waals surface area contributed by atoms with Crippen molar-refractivity contribution in [2.24, 2.45) is 5.92 Å². The second-order valence-electron chi connectivity index (χ2n) is 4.97. The van der Waals surface area contributed by atoms with E-state index in [9.17, 15) is 9.59 Å². The van der Waals surface area contributed by atoms with E-state index in [1.807, 2.05) is 0 Å². The van der Waals surface area contributed by atoms with Crippen molar-refractivity contribution in [2.45, 2.75) is 12.8 Å². The Hall–Kier alpha value is -2.24. The molecule has 1 aromatic rings. The van der Waals surface area contributed by atoms with Gasteiger partial charge in [-0.2, -0.15) is 0 Å². The molecule has 1 amide bonds. The molecule has 1 aromatic carbocycles. The van der Waals surface area contributed by atoms with E-state index in [0.29, 0.717) is 36.4 Å². The van der Waals surface area contributed by atoms with E-state index in [4.69, 9.17) is 14.6 Å². The molecule has 1 saturated heterocycles. The van der Waals surface area contributed by atoms with E-state index in [-0.39, 0.29) is 12.5 Å². The van der Waals surface area contributed by atoms with Crippen LogP contribution in [0.2, 0.25) is 0 Å². The summed E-state index contributed by atoms with van der Waals surface area (Å²) in [6.07, 6.45) is 1.28. The van der Waals surface area contributed by atoms with Crippen LogP contribution in [0.1, 0.15) is 23.2 Å². The molecule has 1 aliphatic rings. The quantitative estimate of drug-likeness (QED) is 0.913. The van der Waals surface area contributed by atoms with Gasteiger partial charge in [0.1, 0.15) is 17.1 Å². The van der Waals surface area contributed by atoms with Crippen molar-refractivity contribution in [3.63, 3.8) is 0 Å². The number of rotatable bonds is 4. The molecule has 0 aromatic heterocycles. The highest BCUT2D eigenvalue weighted by atomic mass is 16.5. The number of piperidine rings is 1. The summed E-state index contributed by atoms with van der Waals surface area (Å²) >= 11 is 0. The van der Waals surface area contributed by atoms with Crippen LogP contribution in [0.5, 0.6) is 11.5 Å². The zero-order valence-corrected chi connectivity index (χ0v) is 12.2. The molecule has 1 unspecified atom stereocenters. The molecule has 0 aliphatic carbocycles. The summed E-state index contributed by atoms with van der Waals surface area (Å²) in [4.78, 5) is 25.4. The van der Waals surface area contributed by atoms with Crippen molar-refractivity contribution in [2.75, 3.05) is 27.3 Å². The topological polar surface area (TPSA) is 76.1 Å². The largest absolute Gasteiger partial charge is 0.496 e. The van der Waals surface area contributed by atoms with Gasteiger partial charge < -0.3 is 19.5 Å². The lowest BCUT2D eigenvalue weighted by Gasteiger charge is -2.31. The van der Waals surface area contributed by atoms with Gasteiger partial charge in [-0.25, -0.2) is 0 Å². The van der Waals surface area contributed by atoms with Gasteiger partial charge in [-0.1, -0.05) is 6.07 Å². The van der Waals surface area contributed by atoms with Gasteiger partial charge in [0.15, 0.2) is 0 Å². The first-order valence-corrected chi connectivity index (χ1v) is 6.81. The van der Waals surface area contributed by atoms with E-state index in [1.165, 1.54) is 14.2 Å². The van der Waals surface area contributed by atoms with E-state index in [0.717, 1.165) is 0 Å². The maximum absolute atomic E-state index is 12.7. The molecule has 6 nitrogen and oxygen atoms in total. The Labute approximate surface area is 123 Å². The Morgan fingerprint density at radius 1 is 1.24 bits per heavy atom. The number of methoxy groups -OCH3 is 2. The number of carbonyl (C=O) groups is 2. The third-order valence-corrected chi connectivity index (χ3v) is 3.70. The van der Waals surface area contributed by atoms with Crippen LogP contribution in [0.25, 0.3) is 0 Å². The average molecular weight is 293 g/mol. The second-order valence-corrected chi connectivity index (χ2v) is 4.97. The molecule has 114 valence electrons. The van der Waals surface area contributed by atoms with Crippen LogP contribution in [0.15, 0.2) is 18.2 Å². The lowest BCUT2D eigenvalue weighted by molar-refractivity contribution is -0.143. The maximum Gasteiger partial charge on any atom is 0.308 e. The summed E-state index contributed by atoms with van der Waals surface area (Å²) in [5.41, 5.74) is 0.341. The third kappa shape index (κ3) is 3.09. The third-order valence-electron chi connectivity index (χ3n) is 3.70. The molecule has 2 rings (SSSR count). The minimum atomic E-state index is -0.862. The molecular weight excluding hydrogens is 274 g/mol. The molecule has 21 heavy (non-hydrogen) atoms. The number of benzene rings is 1. The van der Waals surface area contributed by atoms with Crippen LogP contribution in [-0.4, -0.2) is 49.2 Å². The highest BCUT2D eigenvalue weighted by Crippen LogP contribution is 2.31. The molecule has 1 atom stereocenters. The standard InChI is InChI=1S/C15H19NO5/c1-20-11-6-3-7-12(21-2)13(11)14(17)16-8-4-5-10(9-16)15(18)19/h3,6-7,10H,4-5,8-9H2,1-2H3,(H,18,19). The molecular formula is C15H19NO5. The first kappa shape index (κ1) is 15.2. The Kier molecular flexibility index (Phi) is 4.67. The highest BCUT2D eigenvalue weighted by Gasteiger charge is 2.31. The number of hydrogen-bond donors (Lipinski definition) is 1. The summed E-state index contributed by atoms with van der Waals surface area (Å²) < 4.78 is 10.5. The SMILES string of the molecule is COc1cccc(OC)c1C(=O)N1CCCC(C(=O)O)C1. The van der Waals surface area contributed by atoms with Crippen molar-refractivity contribution in [1.29, 1.82) is 0 Å². The van der Waals surface area contributed by atoms with Crippen LogP contribution in [0.3, 0.4) is 0 Å². The van der Waals surface area contributed by atoms with Crippen LogP contribution in [-0.2, 0) is 4.79 Å². The number of hydrogen-bond acceptors (Lipinski definition) is 4. The summed E-state index contributed by atoms with van der Waals surface area (Å²) in [5.74, 6) is -0.772. The molecule has 0 bridgehead atoms. The van der Waals surface area contributed by atoms with Gasteiger partial charge in [-0.15, -0.1) is 0 Å². The second kappa shape index (κ2) is 6.47. The Morgan fingerprint density at radius 3 is 2.38 bits per heavy atom. The number of carboxylic acids is 1. The predicted octanol–water partition coefficient (Wildman–Crippen LogP) is 1.64. The molecule has 1 heterocycles. The first-order chi connectivity index (χ1) is 10.1. The van der Waals surface area contributed by atoms with Crippen molar-refractivity contribution >= 4 is 11.9 Å². The number of carbonyl (C=O) groups excluding carboxylic acids is 1. The Morgan fingerprint density at radius 2 is 1.86 bits per heavy atom. The van der Waals surface area contributed by atoms with E-state index < -0.39 is 11.9 Å². The molecule has 1 aliphatic heterocycles. The van der Waals surface area contributed by atoms with Gasteiger partial charge in [0.25, 0.3) is 5.91 Å². The maximum atomic E-state index is 12.7. The summed E-state index contributed by atoms with van der Waals surface area (Å²) in [5, 5.41) is 9.12. The van der Waals surface area contributed by atoms with Crippen LogP contribution in [0, 0.1) is 5.92 Å². The van der Waals surface area contributed by atoms with Gasteiger partial charge in [0.2, 0.25) is 0 Å². The zero-order valence-electron chi connectivity index (χ0n) is 12.2. The van der Waals surface area contributed by atoms with E-state index >= 15 is 0 Å². The molecule has 1 fully saturated rings. The van der Waals surface area contributed by atoms with Crippen molar-refractivity contribution < 1.29 is 24.2 Å². The van der Waals surface area contributed by atoms with Gasteiger partial charge >= 0.3 is 5.97 Å². The number of likely N-dealkylation sites (tertiary alicyclic amines) is 1. The zero-order chi connectivity index (χ0) is 15.4. The minimum Gasteiger partial charge on any atom is -0.496 e. The molecule has 0 saturated carbocycles. The van der Waals surface area contributed by atoms with Crippen molar-refractivity contribution in [1.82, 2.24) is 4.90 Å². The molecule has 0 spiro atoms. The molecule has 6 heteroatoms. The first-order valence-electron chi connectivity index (χ1n) is 6.81. The summed E-state index contributed by atoms with van der Waals surface area (Å²) in [7, 11) is 2.98. The van der Waals surface area contributed by atoms with Crippen LogP contribution >= 0.6 is 0 Å². The number of carboxylic acid groups (broad SMARTS) is 1. The summed E-state index contributed by atoms with van der Waals surface area (Å²) in [6, 6.07) is 5.12. The fourth-order valence-corrected chi connectivity index (χ4v) is 2.58. The monoisotopic (exact) mass is 293 g/mol. The van der Waals surface area contributed by atoms with E-state index in [2.05, 4.69) is 0 Å². The van der Waals surface area contributed by atoms with Gasteiger partial charge in [0, 0.05) is 13.1 Å². The minimum absolute atomic E-state index is 0.218. The van der Waals surface area contributed by atoms with Gasteiger partial charge in [-0.05, 0) is 25.0 Å². The Bertz CT molecular complexity index is 521. The Balaban J connectivity index is 2.29. The lowest BCUT2D eigenvalue weighted by Crippen LogP contribution is -2.42. The van der Waals surface area contributed by atoms with Crippen molar-refractivity contribution in [3.8, 4) is 11.5 Å². The average Bonchev–Trinajstić information content (AvgIpc) is 2.53. The fraction of sp³-hybridized carbons (Fsp3) is 0.467. The normalized spacial score (nSPS) is 18.2. The smallest absolute Gasteiger partial charge is 0.308 e. The van der Waals surface area contributed by atoms with Crippen LogP contribution < -0.4 is 9.47 Å². The number of nitrogens with zero attached hydrogens (tertiary/aromatic N) is 1. The number of amides is 1. The van der Waals surface area contributed by atoms with Crippen LogP contribution in [0.4, 0.5) is 0 Å². The fourth-order valence-electron chi connectivity index (χ4n) is 2.58.